The lowest BCUT2D eigenvalue weighted by atomic mass is 9.78. The highest BCUT2D eigenvalue weighted by Crippen LogP contribution is 2.37. The van der Waals surface area contributed by atoms with E-state index in [4.69, 9.17) is 9.84 Å². The number of likely N-dealkylation sites (tertiary alicyclic amines) is 1. The third-order valence-electron chi connectivity index (χ3n) is 9.42. The van der Waals surface area contributed by atoms with E-state index in [0.717, 1.165) is 50.5 Å². The number of carboxylic acid groups (broad SMARTS) is 1. The number of carbonyl (C=O) groups is 3. The van der Waals surface area contributed by atoms with Crippen molar-refractivity contribution >= 4 is 30.2 Å². The molecule has 0 bridgehead atoms. The Labute approximate surface area is 264 Å². The largest absolute Gasteiger partial charge is 0.507 e. The van der Waals surface area contributed by atoms with E-state index < -0.39 is 23.7 Å². The number of carboxylic acids is 1. The van der Waals surface area contributed by atoms with E-state index in [1.54, 1.807) is 4.90 Å². The van der Waals surface area contributed by atoms with E-state index in [2.05, 4.69) is 17.1 Å². The quantitative estimate of drug-likeness (QED) is 0.296. The Morgan fingerprint density at radius 2 is 1.70 bits per heavy atom. The van der Waals surface area contributed by atoms with Crippen molar-refractivity contribution in [3.05, 3.63) is 53.6 Å². The first-order chi connectivity index (χ1) is 20.7. The minimum absolute atomic E-state index is 0. The molecule has 3 aliphatic rings. The van der Waals surface area contributed by atoms with Gasteiger partial charge in [0.25, 0.3) is 0 Å². The zero-order valence-corrected chi connectivity index (χ0v) is 26.1. The number of benzene rings is 2. The van der Waals surface area contributed by atoms with Crippen LogP contribution < -0.4 is 10.1 Å². The summed E-state index contributed by atoms with van der Waals surface area (Å²) in [5, 5.41) is 33.1. The monoisotopic (exact) mass is 629 g/mol. The molecule has 1 saturated carbocycles. The molecule has 2 atom stereocenters. The molecule has 2 aliphatic heterocycles. The number of nitrogens with zero attached hydrogens (tertiary/aromatic N) is 2. The van der Waals surface area contributed by atoms with Gasteiger partial charge in [0, 0.05) is 32.2 Å². The smallest absolute Gasteiger partial charge is 0.339 e. The van der Waals surface area contributed by atoms with Crippen LogP contribution in [-0.4, -0.2) is 80.2 Å². The highest BCUT2D eigenvalue weighted by molar-refractivity contribution is 6.00. The van der Waals surface area contributed by atoms with Gasteiger partial charge in [-0.05, 0) is 67.9 Å². The SMILES string of the molecule is CCCCN1C(=O)[C@@H]([C@H](O)C2CCCCC2)NC(=O)C12CCN(Cc1ccc(Oc3ccc(C(=O)O)c(O)c3)cc1)CC2.Cl. The third kappa shape index (κ3) is 7.14. The van der Waals surface area contributed by atoms with Gasteiger partial charge in [-0.25, -0.2) is 4.79 Å². The Bertz CT molecular complexity index is 1310. The first-order valence-corrected chi connectivity index (χ1v) is 15.6. The van der Waals surface area contributed by atoms with E-state index in [9.17, 15) is 24.6 Å². The molecule has 4 N–H and O–H groups in total. The molecule has 5 rings (SSSR count). The van der Waals surface area contributed by atoms with Gasteiger partial charge in [-0.15, -0.1) is 12.4 Å². The highest BCUT2D eigenvalue weighted by atomic mass is 35.5. The van der Waals surface area contributed by atoms with Crippen molar-refractivity contribution in [1.29, 1.82) is 0 Å². The average Bonchev–Trinajstić information content (AvgIpc) is 3.01. The number of piperidine rings is 1. The van der Waals surface area contributed by atoms with Crippen molar-refractivity contribution < 1.29 is 34.4 Å². The number of aliphatic hydroxyl groups is 1. The predicted molar refractivity (Wildman–Crippen MR) is 167 cm³/mol. The first-order valence-electron chi connectivity index (χ1n) is 15.6. The van der Waals surface area contributed by atoms with Crippen molar-refractivity contribution in [2.45, 2.75) is 88.9 Å². The molecule has 0 aromatic heterocycles. The molecule has 2 saturated heterocycles. The molecule has 2 amide bonds. The standard InChI is InChI=1S/C33H43N3O7.ClH/c1-2-3-17-36-30(39)28(29(38)23-7-5-4-6-8-23)34-32(42)33(36)15-18-35(19-16-33)21-22-9-11-24(12-10-22)43-25-13-14-26(31(40)41)27(37)20-25;/h9-14,20,23,28-29,37-38H,2-8,15-19,21H2,1H3,(H,34,42)(H,40,41);1H/t28-,29-;/m1./s1. The second-order valence-corrected chi connectivity index (χ2v) is 12.2. The van der Waals surface area contributed by atoms with Crippen LogP contribution >= 0.6 is 12.4 Å². The summed E-state index contributed by atoms with van der Waals surface area (Å²) in [6, 6.07) is 10.7. The lowest BCUT2D eigenvalue weighted by molar-refractivity contribution is -0.166. The molecule has 2 aromatic carbocycles. The number of aliphatic hydroxyl groups excluding tert-OH is 1. The Balaban J connectivity index is 0.00000442. The second kappa shape index (κ2) is 14.6. The van der Waals surface area contributed by atoms with Gasteiger partial charge < -0.3 is 30.3 Å². The van der Waals surface area contributed by atoms with E-state index in [-0.39, 0.29) is 41.5 Å². The number of carbonyl (C=O) groups excluding carboxylic acids is 2. The molecule has 3 fully saturated rings. The zero-order valence-electron chi connectivity index (χ0n) is 25.2. The maximum absolute atomic E-state index is 13.8. The Kier molecular flexibility index (Phi) is 11.2. The van der Waals surface area contributed by atoms with Crippen molar-refractivity contribution in [3.8, 4) is 17.2 Å². The number of ether oxygens (including phenoxy) is 1. The number of aromatic carboxylic acids is 1. The van der Waals surface area contributed by atoms with Gasteiger partial charge in [-0.3, -0.25) is 14.5 Å². The minimum atomic E-state index is -1.21. The molecular weight excluding hydrogens is 586 g/mol. The molecule has 11 heteroatoms. The first kappa shape index (κ1) is 33.6. The normalized spacial score (nSPS) is 21.4. The van der Waals surface area contributed by atoms with E-state index in [1.165, 1.54) is 18.2 Å². The number of unbranched alkanes of at least 4 members (excludes halogenated alkanes) is 1. The number of phenols is 1. The van der Waals surface area contributed by atoms with Crippen LogP contribution in [0.15, 0.2) is 42.5 Å². The second-order valence-electron chi connectivity index (χ2n) is 12.2. The van der Waals surface area contributed by atoms with Crippen molar-refractivity contribution in [1.82, 2.24) is 15.1 Å². The Morgan fingerprint density at radius 1 is 1.05 bits per heavy atom. The van der Waals surface area contributed by atoms with E-state index >= 15 is 0 Å². The number of hydrogen-bond acceptors (Lipinski definition) is 7. The van der Waals surface area contributed by atoms with Crippen LogP contribution in [0.25, 0.3) is 0 Å². The third-order valence-corrected chi connectivity index (χ3v) is 9.42. The minimum Gasteiger partial charge on any atom is -0.507 e. The van der Waals surface area contributed by atoms with Crippen LogP contribution in [0.4, 0.5) is 0 Å². The molecule has 0 unspecified atom stereocenters. The number of hydrogen-bond donors (Lipinski definition) is 4. The summed E-state index contributed by atoms with van der Waals surface area (Å²) in [4.78, 5) is 42.7. The molecule has 44 heavy (non-hydrogen) atoms. The van der Waals surface area contributed by atoms with Crippen molar-refractivity contribution in [2.75, 3.05) is 19.6 Å². The summed E-state index contributed by atoms with van der Waals surface area (Å²) < 4.78 is 5.78. The van der Waals surface area contributed by atoms with Crippen molar-refractivity contribution in [3.63, 3.8) is 0 Å². The molecule has 240 valence electrons. The van der Waals surface area contributed by atoms with Gasteiger partial charge in [-0.2, -0.15) is 0 Å². The van der Waals surface area contributed by atoms with E-state index in [0.29, 0.717) is 50.5 Å². The maximum Gasteiger partial charge on any atom is 0.339 e. The molecule has 2 heterocycles. The lowest BCUT2D eigenvalue weighted by Crippen LogP contribution is -2.75. The summed E-state index contributed by atoms with van der Waals surface area (Å²) in [5.41, 5.74) is -0.00758. The number of piperazine rings is 1. The van der Waals surface area contributed by atoms with Crippen LogP contribution in [0.5, 0.6) is 17.2 Å². The van der Waals surface area contributed by atoms with Gasteiger partial charge in [-0.1, -0.05) is 44.7 Å². The molecule has 2 aromatic rings. The van der Waals surface area contributed by atoms with Gasteiger partial charge in [0.2, 0.25) is 11.8 Å². The summed E-state index contributed by atoms with van der Waals surface area (Å²) in [7, 11) is 0. The molecular formula is C33H44ClN3O7. The van der Waals surface area contributed by atoms with Gasteiger partial charge in [0.15, 0.2) is 0 Å². The lowest BCUT2D eigenvalue weighted by Gasteiger charge is -2.52. The fraction of sp³-hybridized carbons (Fsp3) is 0.545. The number of nitrogens with one attached hydrogen (secondary N) is 1. The topological polar surface area (TPSA) is 140 Å². The van der Waals surface area contributed by atoms with Crippen LogP contribution in [0.1, 0.15) is 80.6 Å². The van der Waals surface area contributed by atoms with Gasteiger partial charge in [0.1, 0.15) is 34.4 Å². The van der Waals surface area contributed by atoms with Gasteiger partial charge in [0.05, 0.1) is 6.10 Å². The summed E-state index contributed by atoms with van der Waals surface area (Å²) >= 11 is 0. The maximum atomic E-state index is 13.8. The number of aromatic hydroxyl groups is 1. The number of halogens is 1. The van der Waals surface area contributed by atoms with Gasteiger partial charge >= 0.3 is 5.97 Å². The van der Waals surface area contributed by atoms with Crippen LogP contribution in [0, 0.1) is 5.92 Å². The zero-order chi connectivity index (χ0) is 30.6. The van der Waals surface area contributed by atoms with Crippen molar-refractivity contribution in [2.24, 2.45) is 5.92 Å². The highest BCUT2D eigenvalue weighted by Gasteiger charge is 2.55. The number of amides is 2. The van der Waals surface area contributed by atoms with E-state index in [1.807, 2.05) is 24.3 Å². The van der Waals surface area contributed by atoms with Crippen LogP contribution in [0.3, 0.4) is 0 Å². The summed E-state index contributed by atoms with van der Waals surface area (Å²) in [5.74, 6) is -0.905. The molecule has 1 spiro atoms. The van der Waals surface area contributed by atoms with Crippen LogP contribution in [-0.2, 0) is 16.1 Å². The summed E-state index contributed by atoms with van der Waals surface area (Å²) in [6.07, 6.45) is 7.02. The fourth-order valence-corrected chi connectivity index (χ4v) is 6.85. The average molecular weight is 630 g/mol. The molecule has 1 aliphatic carbocycles. The number of rotatable bonds is 10. The Hall–Kier alpha value is -3.34. The van der Waals surface area contributed by atoms with Crippen LogP contribution in [0.2, 0.25) is 0 Å². The molecule has 0 radical (unpaired) electrons. The fourth-order valence-electron chi connectivity index (χ4n) is 6.85. The summed E-state index contributed by atoms with van der Waals surface area (Å²) in [6.45, 7) is 4.60. The predicted octanol–water partition coefficient (Wildman–Crippen LogP) is 4.71. The molecule has 10 nitrogen and oxygen atoms in total. The Morgan fingerprint density at radius 3 is 2.32 bits per heavy atom.